The number of hydrogen-bond acceptors (Lipinski definition) is 5. The summed E-state index contributed by atoms with van der Waals surface area (Å²) in [4.78, 5) is 33.5. The summed E-state index contributed by atoms with van der Waals surface area (Å²) in [6.07, 6.45) is 0. The molecule has 92 valence electrons. The van der Waals surface area contributed by atoms with E-state index >= 15 is 0 Å². The fraction of sp³-hybridized carbons (Fsp3) is 0.500. The Labute approximate surface area is 96.8 Å². The molecule has 1 atom stereocenters. The number of rotatable bonds is 2. The summed E-state index contributed by atoms with van der Waals surface area (Å²) in [5.41, 5.74) is -0.131. The number of nitrogens with one attached hydrogen (secondary N) is 2. The van der Waals surface area contributed by atoms with E-state index in [0.717, 1.165) is 5.71 Å². The van der Waals surface area contributed by atoms with Crippen LogP contribution in [0.4, 0.5) is 11.5 Å². The maximum atomic E-state index is 11.6. The molecule has 0 saturated heterocycles. The number of aromatic nitrogens is 2. The summed E-state index contributed by atoms with van der Waals surface area (Å²) in [5.74, 6) is 0.367. The van der Waals surface area contributed by atoms with Crippen molar-refractivity contribution in [3.8, 4) is 0 Å². The van der Waals surface area contributed by atoms with Crippen LogP contribution in [0.25, 0.3) is 0 Å². The number of aliphatic imine (C=N–C) groups is 1. The monoisotopic (exact) mass is 238 g/mol. The van der Waals surface area contributed by atoms with Crippen molar-refractivity contribution in [1.29, 1.82) is 0 Å². The topological polar surface area (TPSA) is 102 Å². The first-order valence-electron chi connectivity index (χ1n) is 5.34. The Hall–Kier alpha value is -1.89. The molecule has 1 aromatic heterocycles. The van der Waals surface area contributed by atoms with Gasteiger partial charge in [0, 0.05) is 12.3 Å². The molecular formula is C10H14N4O3. The van der Waals surface area contributed by atoms with Crippen LogP contribution in [0.15, 0.2) is 14.6 Å². The normalized spacial score (nSPS) is 18.9. The van der Waals surface area contributed by atoms with Gasteiger partial charge in [0.1, 0.15) is 5.82 Å². The smallest absolute Gasteiger partial charge is 0.327 e. The predicted octanol–water partition coefficient (Wildman–Crippen LogP) is -0.644. The van der Waals surface area contributed by atoms with Crippen molar-refractivity contribution >= 4 is 17.2 Å². The Morgan fingerprint density at radius 2 is 2.12 bits per heavy atom. The van der Waals surface area contributed by atoms with Crippen LogP contribution in [-0.4, -0.2) is 40.0 Å². The van der Waals surface area contributed by atoms with Crippen LogP contribution in [0.3, 0.4) is 0 Å². The number of aromatic amines is 2. The molecule has 1 unspecified atom stereocenters. The second-order valence-corrected chi connectivity index (χ2v) is 3.95. The molecule has 2 heterocycles. The first kappa shape index (κ1) is 11.6. The van der Waals surface area contributed by atoms with E-state index in [0.29, 0.717) is 12.4 Å². The molecule has 0 aromatic carbocycles. The number of nitrogens with zero attached hydrogens (tertiary/aromatic N) is 2. The van der Waals surface area contributed by atoms with Crippen molar-refractivity contribution in [2.24, 2.45) is 4.99 Å². The van der Waals surface area contributed by atoms with Gasteiger partial charge in [0.05, 0.1) is 12.6 Å². The van der Waals surface area contributed by atoms with Crippen LogP contribution >= 0.6 is 0 Å². The van der Waals surface area contributed by atoms with Crippen molar-refractivity contribution < 1.29 is 5.11 Å². The molecular weight excluding hydrogens is 224 g/mol. The average molecular weight is 238 g/mol. The lowest BCUT2D eigenvalue weighted by molar-refractivity contribution is 0.300. The summed E-state index contributed by atoms with van der Waals surface area (Å²) in [6.45, 7) is 3.98. The number of H-pyrrole nitrogens is 2. The molecule has 3 N–H and O–H groups in total. The van der Waals surface area contributed by atoms with E-state index < -0.39 is 11.2 Å². The zero-order valence-corrected chi connectivity index (χ0v) is 9.65. The molecule has 2 rings (SSSR count). The Morgan fingerprint density at radius 1 is 1.41 bits per heavy atom. The fourth-order valence-corrected chi connectivity index (χ4v) is 1.88. The molecule has 0 bridgehead atoms. The van der Waals surface area contributed by atoms with Gasteiger partial charge in [-0.2, -0.15) is 0 Å². The predicted molar refractivity (Wildman–Crippen MR) is 64.3 cm³/mol. The quantitative estimate of drug-likeness (QED) is 0.637. The highest BCUT2D eigenvalue weighted by molar-refractivity contribution is 5.95. The molecule has 7 heteroatoms. The van der Waals surface area contributed by atoms with Gasteiger partial charge >= 0.3 is 5.69 Å². The first-order chi connectivity index (χ1) is 8.04. The van der Waals surface area contributed by atoms with Gasteiger partial charge in [-0.05, 0) is 13.8 Å². The first-order valence-corrected chi connectivity index (χ1v) is 5.34. The Balaban J connectivity index is 2.66. The van der Waals surface area contributed by atoms with E-state index in [1.54, 1.807) is 4.90 Å². The maximum absolute atomic E-state index is 11.6. The second-order valence-electron chi connectivity index (χ2n) is 3.95. The Morgan fingerprint density at radius 3 is 2.76 bits per heavy atom. The summed E-state index contributed by atoms with van der Waals surface area (Å²) in [7, 11) is 0. The third-order valence-electron chi connectivity index (χ3n) is 2.89. The van der Waals surface area contributed by atoms with Crippen LogP contribution in [0, 0.1) is 0 Å². The number of fused-ring (bicyclic) bond motifs is 1. The average Bonchev–Trinajstić information content (AvgIpc) is 2.26. The lowest BCUT2D eigenvalue weighted by Crippen LogP contribution is -2.44. The number of aliphatic hydroxyl groups is 1. The lowest BCUT2D eigenvalue weighted by Gasteiger charge is -2.33. The molecule has 1 aliphatic heterocycles. The van der Waals surface area contributed by atoms with E-state index in [-0.39, 0.29) is 18.3 Å². The minimum absolute atomic E-state index is 0.0629. The zero-order chi connectivity index (χ0) is 12.6. The van der Waals surface area contributed by atoms with Crippen LogP contribution < -0.4 is 16.1 Å². The van der Waals surface area contributed by atoms with Gasteiger partial charge < -0.3 is 10.0 Å². The van der Waals surface area contributed by atoms with E-state index in [2.05, 4.69) is 15.0 Å². The molecule has 0 aliphatic carbocycles. The highest BCUT2D eigenvalue weighted by Crippen LogP contribution is 2.27. The molecule has 1 aliphatic rings. The molecule has 0 saturated carbocycles. The van der Waals surface area contributed by atoms with Crippen LogP contribution in [0.2, 0.25) is 0 Å². The summed E-state index contributed by atoms with van der Waals surface area (Å²) in [5, 5.41) is 9.03. The minimum Gasteiger partial charge on any atom is -0.395 e. The Kier molecular flexibility index (Phi) is 2.84. The van der Waals surface area contributed by atoms with Gasteiger partial charge in [-0.3, -0.25) is 14.8 Å². The van der Waals surface area contributed by atoms with E-state index in [1.807, 2.05) is 13.8 Å². The molecule has 1 aromatic rings. The van der Waals surface area contributed by atoms with Crippen molar-refractivity contribution in [3.05, 3.63) is 20.8 Å². The third-order valence-corrected chi connectivity index (χ3v) is 2.89. The zero-order valence-electron chi connectivity index (χ0n) is 9.65. The lowest BCUT2D eigenvalue weighted by atomic mass is 10.1. The fourth-order valence-electron chi connectivity index (χ4n) is 1.88. The number of β-amino-alcohol motifs (C(OH)–C–C–N with tert-alkyl or cyclic N) is 1. The molecule has 0 spiro atoms. The number of anilines is 1. The molecule has 7 nitrogen and oxygen atoms in total. The summed E-state index contributed by atoms with van der Waals surface area (Å²) in [6, 6.07) is -0.0629. The van der Waals surface area contributed by atoms with Crippen LogP contribution in [-0.2, 0) is 0 Å². The highest BCUT2D eigenvalue weighted by Gasteiger charge is 2.26. The van der Waals surface area contributed by atoms with Crippen LogP contribution in [0.5, 0.6) is 0 Å². The van der Waals surface area contributed by atoms with Gasteiger partial charge in [-0.15, -0.1) is 0 Å². The molecule has 0 radical (unpaired) electrons. The van der Waals surface area contributed by atoms with Crippen LogP contribution in [0.1, 0.15) is 13.8 Å². The standard InChI is InChI=1S/C10H14N4O3/c1-5-6(2)14(3-4-15)8-7(11-5)9(16)13-10(17)12-8/h6,15H,3-4H2,1-2H3,(H2,12,13,16,17). The molecule has 0 amide bonds. The summed E-state index contributed by atoms with van der Waals surface area (Å²) >= 11 is 0. The Bertz CT molecular complexity index is 572. The van der Waals surface area contributed by atoms with Gasteiger partial charge in [-0.25, -0.2) is 9.79 Å². The highest BCUT2D eigenvalue weighted by atomic mass is 16.3. The van der Waals surface area contributed by atoms with Gasteiger partial charge in [0.15, 0.2) is 5.69 Å². The van der Waals surface area contributed by atoms with Crippen molar-refractivity contribution in [1.82, 2.24) is 9.97 Å². The molecule has 17 heavy (non-hydrogen) atoms. The van der Waals surface area contributed by atoms with E-state index in [1.165, 1.54) is 0 Å². The van der Waals surface area contributed by atoms with Crippen molar-refractivity contribution in [2.45, 2.75) is 19.9 Å². The number of hydrogen-bond donors (Lipinski definition) is 3. The van der Waals surface area contributed by atoms with Gasteiger partial charge in [-0.1, -0.05) is 0 Å². The van der Waals surface area contributed by atoms with Gasteiger partial charge in [0.2, 0.25) is 0 Å². The third kappa shape index (κ3) is 1.89. The SMILES string of the molecule is CC1=Nc2c([nH]c(=O)[nH]c2=O)N(CCO)C1C. The summed E-state index contributed by atoms with van der Waals surface area (Å²) < 4.78 is 0. The minimum atomic E-state index is -0.571. The second kappa shape index (κ2) is 4.17. The maximum Gasteiger partial charge on any atom is 0.327 e. The van der Waals surface area contributed by atoms with Crippen molar-refractivity contribution in [2.75, 3.05) is 18.1 Å². The van der Waals surface area contributed by atoms with Gasteiger partial charge in [0.25, 0.3) is 5.56 Å². The van der Waals surface area contributed by atoms with Crippen molar-refractivity contribution in [3.63, 3.8) is 0 Å². The van der Waals surface area contributed by atoms with E-state index in [9.17, 15) is 9.59 Å². The number of aliphatic hydroxyl groups excluding tert-OH is 1. The largest absolute Gasteiger partial charge is 0.395 e. The van der Waals surface area contributed by atoms with E-state index in [4.69, 9.17) is 5.11 Å². The molecule has 0 fully saturated rings.